The third-order valence-corrected chi connectivity index (χ3v) is 3.98. The van der Waals surface area contributed by atoms with Gasteiger partial charge in [-0.2, -0.15) is 5.10 Å². The summed E-state index contributed by atoms with van der Waals surface area (Å²) >= 11 is 0. The number of rotatable bonds is 3. The van der Waals surface area contributed by atoms with Gasteiger partial charge in [-0.15, -0.1) is 0 Å². The molecule has 1 aliphatic carbocycles. The zero-order valence-corrected chi connectivity index (χ0v) is 11.0. The largest absolute Gasteiger partial charge is 0.304 e. The Kier molecular flexibility index (Phi) is 3.34. The Morgan fingerprint density at radius 1 is 1.42 bits per heavy atom. The average molecular weight is 259 g/mol. The van der Waals surface area contributed by atoms with Gasteiger partial charge in [-0.05, 0) is 42.0 Å². The van der Waals surface area contributed by atoms with Crippen LogP contribution in [0.3, 0.4) is 0 Å². The predicted octanol–water partition coefficient (Wildman–Crippen LogP) is 2.96. The van der Waals surface area contributed by atoms with Crippen molar-refractivity contribution in [1.82, 2.24) is 15.5 Å². The second-order valence-corrected chi connectivity index (χ2v) is 5.26. The van der Waals surface area contributed by atoms with Gasteiger partial charge in [0, 0.05) is 24.5 Å². The highest BCUT2D eigenvalue weighted by Crippen LogP contribution is 2.35. The molecule has 4 heteroatoms. The summed E-state index contributed by atoms with van der Waals surface area (Å²) in [6.45, 7) is 2.95. The Morgan fingerprint density at radius 2 is 2.32 bits per heavy atom. The minimum Gasteiger partial charge on any atom is -0.304 e. The average Bonchev–Trinajstić information content (AvgIpc) is 2.91. The molecule has 1 aliphatic rings. The highest BCUT2D eigenvalue weighted by molar-refractivity contribution is 5.34. The first-order valence-corrected chi connectivity index (χ1v) is 6.74. The van der Waals surface area contributed by atoms with E-state index in [1.54, 1.807) is 18.3 Å². The van der Waals surface area contributed by atoms with E-state index in [1.807, 2.05) is 12.1 Å². The smallest absolute Gasteiger partial charge is 0.126 e. The van der Waals surface area contributed by atoms with E-state index in [9.17, 15) is 4.39 Å². The molecule has 0 bridgehead atoms. The Hall–Kier alpha value is -1.68. The Labute approximate surface area is 112 Å². The molecule has 2 unspecified atom stereocenters. The molecule has 1 aromatic carbocycles. The second kappa shape index (κ2) is 5.13. The van der Waals surface area contributed by atoms with Gasteiger partial charge in [0.05, 0.1) is 0 Å². The quantitative estimate of drug-likeness (QED) is 0.889. The zero-order chi connectivity index (χ0) is 13.2. The molecule has 0 radical (unpaired) electrons. The summed E-state index contributed by atoms with van der Waals surface area (Å²) in [5.74, 6) is 0.440. The van der Waals surface area contributed by atoms with Crippen molar-refractivity contribution in [3.05, 3.63) is 53.1 Å². The van der Waals surface area contributed by atoms with Crippen LogP contribution in [0, 0.1) is 11.7 Å². The first-order valence-electron chi connectivity index (χ1n) is 6.74. The number of aromatic amines is 1. The standard InChI is InChI=1S/C15H18FN3/c1-10-5-6-12-13(3-2-4-14(12)16)15(10)17-9-11-7-8-18-19-11/h2-4,7-8,10,15,17H,5-6,9H2,1H3,(H,18,19). The first kappa shape index (κ1) is 12.4. The molecule has 0 saturated carbocycles. The van der Waals surface area contributed by atoms with Crippen molar-refractivity contribution in [2.45, 2.75) is 32.4 Å². The summed E-state index contributed by atoms with van der Waals surface area (Å²) in [5, 5.41) is 10.4. The maximum atomic E-state index is 13.8. The minimum absolute atomic E-state index is 0.0715. The van der Waals surface area contributed by atoms with Crippen molar-refractivity contribution in [2.75, 3.05) is 0 Å². The van der Waals surface area contributed by atoms with Gasteiger partial charge in [-0.25, -0.2) is 4.39 Å². The summed E-state index contributed by atoms with van der Waals surface area (Å²) < 4.78 is 13.8. The molecule has 2 atom stereocenters. The number of hydrogen-bond donors (Lipinski definition) is 2. The van der Waals surface area contributed by atoms with E-state index in [-0.39, 0.29) is 11.9 Å². The van der Waals surface area contributed by atoms with Crippen LogP contribution in [0.5, 0.6) is 0 Å². The lowest BCUT2D eigenvalue weighted by Crippen LogP contribution is -2.31. The normalized spacial score (nSPS) is 22.2. The number of H-pyrrole nitrogens is 1. The molecule has 2 N–H and O–H groups in total. The molecule has 0 spiro atoms. The van der Waals surface area contributed by atoms with Crippen molar-refractivity contribution < 1.29 is 4.39 Å². The lowest BCUT2D eigenvalue weighted by atomic mass is 9.80. The number of nitrogens with zero attached hydrogens (tertiary/aromatic N) is 1. The number of aromatic nitrogens is 2. The maximum absolute atomic E-state index is 13.8. The number of hydrogen-bond acceptors (Lipinski definition) is 2. The van der Waals surface area contributed by atoms with E-state index in [2.05, 4.69) is 22.4 Å². The number of fused-ring (bicyclic) bond motifs is 1. The van der Waals surface area contributed by atoms with Crippen LogP contribution in [-0.2, 0) is 13.0 Å². The van der Waals surface area contributed by atoms with E-state index in [0.717, 1.165) is 36.2 Å². The minimum atomic E-state index is -0.0715. The highest BCUT2D eigenvalue weighted by Gasteiger charge is 2.27. The molecule has 3 rings (SSSR count). The number of benzene rings is 1. The molecule has 0 aliphatic heterocycles. The van der Waals surface area contributed by atoms with Gasteiger partial charge in [0.1, 0.15) is 5.82 Å². The SMILES string of the molecule is CC1CCc2c(F)cccc2C1NCc1ccn[nH]1. The number of halogens is 1. The van der Waals surface area contributed by atoms with Crippen LogP contribution in [0.4, 0.5) is 4.39 Å². The fraction of sp³-hybridized carbons (Fsp3) is 0.400. The van der Waals surface area contributed by atoms with E-state index < -0.39 is 0 Å². The Balaban J connectivity index is 1.82. The van der Waals surface area contributed by atoms with Crippen LogP contribution < -0.4 is 5.32 Å². The molecule has 2 aromatic rings. The van der Waals surface area contributed by atoms with Gasteiger partial charge in [-0.1, -0.05) is 19.1 Å². The molecule has 19 heavy (non-hydrogen) atoms. The zero-order valence-electron chi connectivity index (χ0n) is 11.0. The van der Waals surface area contributed by atoms with Gasteiger partial charge in [0.25, 0.3) is 0 Å². The summed E-state index contributed by atoms with van der Waals surface area (Å²) in [7, 11) is 0. The molecule has 0 amide bonds. The van der Waals surface area contributed by atoms with Crippen molar-refractivity contribution in [2.24, 2.45) is 5.92 Å². The monoisotopic (exact) mass is 259 g/mol. The van der Waals surface area contributed by atoms with E-state index >= 15 is 0 Å². The summed E-state index contributed by atoms with van der Waals surface area (Å²) in [5.41, 5.74) is 3.04. The lowest BCUT2D eigenvalue weighted by Gasteiger charge is -2.32. The second-order valence-electron chi connectivity index (χ2n) is 5.26. The van der Waals surface area contributed by atoms with Crippen LogP contribution in [0.1, 0.15) is 36.2 Å². The molecular weight excluding hydrogens is 241 g/mol. The topological polar surface area (TPSA) is 40.7 Å². The first-order chi connectivity index (χ1) is 9.25. The van der Waals surface area contributed by atoms with Crippen LogP contribution in [0.25, 0.3) is 0 Å². The van der Waals surface area contributed by atoms with Crippen LogP contribution >= 0.6 is 0 Å². The van der Waals surface area contributed by atoms with Gasteiger partial charge < -0.3 is 5.32 Å². The molecule has 3 nitrogen and oxygen atoms in total. The van der Waals surface area contributed by atoms with E-state index in [0.29, 0.717) is 5.92 Å². The fourth-order valence-electron chi connectivity index (χ4n) is 2.89. The summed E-state index contributed by atoms with van der Waals surface area (Å²) in [4.78, 5) is 0. The van der Waals surface area contributed by atoms with Gasteiger partial charge >= 0.3 is 0 Å². The van der Waals surface area contributed by atoms with Crippen LogP contribution in [0.2, 0.25) is 0 Å². The van der Waals surface area contributed by atoms with E-state index in [4.69, 9.17) is 0 Å². The van der Waals surface area contributed by atoms with Crippen LogP contribution in [0.15, 0.2) is 30.5 Å². The molecule has 1 heterocycles. The van der Waals surface area contributed by atoms with Crippen molar-refractivity contribution in [3.63, 3.8) is 0 Å². The van der Waals surface area contributed by atoms with Gasteiger partial charge in [0.2, 0.25) is 0 Å². The Bertz CT molecular complexity index is 551. The third kappa shape index (κ3) is 2.40. The van der Waals surface area contributed by atoms with Crippen molar-refractivity contribution >= 4 is 0 Å². The van der Waals surface area contributed by atoms with Crippen molar-refractivity contribution in [3.8, 4) is 0 Å². The fourth-order valence-corrected chi connectivity index (χ4v) is 2.89. The molecule has 1 aromatic heterocycles. The Morgan fingerprint density at radius 3 is 3.11 bits per heavy atom. The summed E-state index contributed by atoms with van der Waals surface area (Å²) in [6.07, 6.45) is 3.61. The molecular formula is C15H18FN3. The molecule has 0 saturated heterocycles. The summed E-state index contributed by atoms with van der Waals surface area (Å²) in [6, 6.07) is 7.56. The van der Waals surface area contributed by atoms with Crippen LogP contribution in [-0.4, -0.2) is 10.2 Å². The molecule has 0 fully saturated rings. The van der Waals surface area contributed by atoms with Gasteiger partial charge in [-0.3, -0.25) is 5.10 Å². The lowest BCUT2D eigenvalue weighted by molar-refractivity contribution is 0.337. The third-order valence-electron chi connectivity index (χ3n) is 3.98. The maximum Gasteiger partial charge on any atom is 0.126 e. The molecule has 100 valence electrons. The predicted molar refractivity (Wildman–Crippen MR) is 72.1 cm³/mol. The van der Waals surface area contributed by atoms with Gasteiger partial charge in [0.15, 0.2) is 0 Å². The number of nitrogens with one attached hydrogen (secondary N) is 2. The van der Waals surface area contributed by atoms with Crippen molar-refractivity contribution in [1.29, 1.82) is 0 Å². The highest BCUT2D eigenvalue weighted by atomic mass is 19.1. The van der Waals surface area contributed by atoms with E-state index in [1.165, 1.54) is 0 Å².